The van der Waals surface area contributed by atoms with Gasteiger partial charge in [-0.3, -0.25) is 9.80 Å². The average molecular weight is 629 g/mol. The molecule has 3 N–H and O–H groups in total. The van der Waals surface area contributed by atoms with Crippen LogP contribution in [0.2, 0.25) is 0 Å². The Morgan fingerprint density at radius 1 is 0.935 bits per heavy atom. The summed E-state index contributed by atoms with van der Waals surface area (Å²) in [5, 5.41) is 11.0. The maximum absolute atomic E-state index is 14.4. The molecule has 5 aliphatic rings. The summed E-state index contributed by atoms with van der Waals surface area (Å²) in [7, 11) is 0. The summed E-state index contributed by atoms with van der Waals surface area (Å²) >= 11 is 0. The van der Waals surface area contributed by atoms with Gasteiger partial charge in [-0.2, -0.15) is 0 Å². The van der Waals surface area contributed by atoms with Gasteiger partial charge in [0.2, 0.25) is 5.91 Å². The molecule has 252 valence electrons. The fourth-order valence-corrected chi connectivity index (χ4v) is 13.2. The number of fused-ring (bicyclic) bond motifs is 7. The van der Waals surface area contributed by atoms with Gasteiger partial charge in [-0.15, -0.1) is 0 Å². The third-order valence-corrected chi connectivity index (χ3v) is 15.3. The molecule has 1 aromatic carbocycles. The Kier molecular flexibility index (Phi) is 8.06. The second-order valence-corrected chi connectivity index (χ2v) is 18.1. The fourth-order valence-electron chi connectivity index (χ4n) is 13.2. The maximum atomic E-state index is 14.4. The minimum absolute atomic E-state index is 0.0114. The smallest absolute Gasteiger partial charge is 0.335 e. The van der Waals surface area contributed by atoms with E-state index in [1.165, 1.54) is 36.8 Å². The number of allylic oxidation sites excluding steroid dienone is 3. The molecule has 0 unspecified atom stereocenters. The van der Waals surface area contributed by atoms with Crippen molar-refractivity contribution < 1.29 is 14.7 Å². The van der Waals surface area contributed by atoms with Crippen molar-refractivity contribution in [2.75, 3.05) is 6.54 Å². The van der Waals surface area contributed by atoms with Crippen LogP contribution in [0.5, 0.6) is 0 Å². The topological polar surface area (TPSA) is 83.6 Å². The van der Waals surface area contributed by atoms with Crippen molar-refractivity contribution in [3.8, 4) is 0 Å². The highest BCUT2D eigenvalue weighted by Crippen LogP contribution is 2.77. The minimum Gasteiger partial charge on any atom is -0.478 e. The van der Waals surface area contributed by atoms with Crippen molar-refractivity contribution in [2.24, 2.45) is 68.4 Å². The lowest BCUT2D eigenvalue weighted by atomic mass is 9.32. The molecule has 4 saturated carbocycles. The van der Waals surface area contributed by atoms with Crippen molar-refractivity contribution in [2.45, 2.75) is 113 Å². The number of carboxylic acids is 1. The van der Waals surface area contributed by atoms with Crippen LogP contribution in [0.1, 0.15) is 129 Å². The second kappa shape index (κ2) is 11.1. The highest BCUT2D eigenvalue weighted by Gasteiger charge is 2.71. The molecule has 9 atom stereocenters. The van der Waals surface area contributed by atoms with E-state index in [2.05, 4.69) is 68.0 Å². The van der Waals surface area contributed by atoms with Gasteiger partial charge in [0.1, 0.15) is 0 Å². The lowest BCUT2D eigenvalue weighted by Crippen LogP contribution is -2.66. The van der Waals surface area contributed by atoms with Gasteiger partial charge in [-0.1, -0.05) is 78.8 Å². The molecule has 0 spiro atoms. The number of nitrogens with zero attached hydrogens (tertiary/aromatic N) is 1. The highest BCUT2D eigenvalue weighted by atomic mass is 16.4. The zero-order valence-corrected chi connectivity index (χ0v) is 29.9. The van der Waals surface area contributed by atoms with E-state index in [0.717, 1.165) is 37.7 Å². The van der Waals surface area contributed by atoms with Crippen LogP contribution in [0.25, 0.3) is 5.57 Å². The van der Waals surface area contributed by atoms with Gasteiger partial charge < -0.3 is 5.11 Å². The molecule has 0 bridgehead atoms. The van der Waals surface area contributed by atoms with Gasteiger partial charge in [0, 0.05) is 6.54 Å². The number of hydrogen-bond acceptors (Lipinski definition) is 3. The number of amides is 1. The summed E-state index contributed by atoms with van der Waals surface area (Å²) in [6, 6.07) is 7.53. The predicted octanol–water partition coefficient (Wildman–Crippen LogP) is 9.39. The van der Waals surface area contributed by atoms with Crippen LogP contribution in [-0.4, -0.2) is 28.5 Å². The molecule has 0 heterocycles. The molecule has 0 saturated heterocycles. The third kappa shape index (κ3) is 4.56. The lowest BCUT2D eigenvalue weighted by Gasteiger charge is -2.72. The molecule has 5 heteroatoms. The molecule has 1 aromatic rings. The van der Waals surface area contributed by atoms with Crippen LogP contribution in [0.15, 0.2) is 42.5 Å². The molecule has 4 fully saturated rings. The Balaban J connectivity index is 1.35. The van der Waals surface area contributed by atoms with Crippen molar-refractivity contribution in [1.82, 2.24) is 5.01 Å². The first-order valence-electron chi connectivity index (χ1n) is 18.2. The molecular weight excluding hydrogens is 568 g/mol. The van der Waals surface area contributed by atoms with Crippen molar-refractivity contribution >= 4 is 17.4 Å². The molecule has 6 rings (SSSR count). The Morgan fingerprint density at radius 2 is 1.61 bits per heavy atom. The Bertz CT molecular complexity index is 1440. The van der Waals surface area contributed by atoms with Crippen molar-refractivity contribution in [3.63, 3.8) is 0 Å². The number of carboxylic acid groups (broad SMARTS) is 1. The van der Waals surface area contributed by atoms with E-state index in [1.54, 1.807) is 17.1 Å². The molecule has 5 nitrogen and oxygen atoms in total. The first-order valence-corrected chi connectivity index (χ1v) is 18.2. The van der Waals surface area contributed by atoms with Gasteiger partial charge in [0.05, 0.1) is 11.0 Å². The summed E-state index contributed by atoms with van der Waals surface area (Å²) in [5.41, 5.74) is 4.31. The van der Waals surface area contributed by atoms with Crippen LogP contribution in [0, 0.1) is 62.6 Å². The normalized spacial score (nSPS) is 41.0. The Labute approximate surface area is 278 Å². The fraction of sp³-hybridized carbons (Fsp3) is 0.707. The molecule has 46 heavy (non-hydrogen) atoms. The van der Waals surface area contributed by atoms with Crippen LogP contribution in [-0.2, 0) is 4.79 Å². The van der Waals surface area contributed by atoms with Crippen LogP contribution < -0.4 is 5.84 Å². The van der Waals surface area contributed by atoms with E-state index < -0.39 is 5.97 Å². The molecule has 0 aromatic heterocycles. The van der Waals surface area contributed by atoms with Crippen LogP contribution >= 0.6 is 0 Å². The zero-order chi connectivity index (χ0) is 33.6. The number of aromatic carboxylic acids is 1. The van der Waals surface area contributed by atoms with E-state index in [-0.39, 0.29) is 33.0 Å². The van der Waals surface area contributed by atoms with E-state index >= 15 is 0 Å². The van der Waals surface area contributed by atoms with Gasteiger partial charge >= 0.3 is 5.97 Å². The van der Waals surface area contributed by atoms with E-state index in [1.807, 2.05) is 12.1 Å². The predicted molar refractivity (Wildman–Crippen MR) is 186 cm³/mol. The van der Waals surface area contributed by atoms with Gasteiger partial charge in [-0.25, -0.2) is 10.6 Å². The standard InChI is InChI=1S/C41H60N2O3/c1-25(2)24-43(42)36(46)41-21-16-29(26(3)4)34(41)31-14-15-33-38(7)19-17-30(27-10-12-28(13-11-27)35(44)45)37(5,6)32(38)18-20-40(33,9)39(31,8)22-23-41/h10-13,17,25,29,31-34H,3,14-16,18-24,42H2,1-2,4-9H3,(H,44,45)/t29-,31+,32-,33+,34+,38-,39+,40+,41-/m0/s1. The first kappa shape index (κ1) is 33.5. The third-order valence-electron chi connectivity index (χ3n) is 15.3. The average Bonchev–Trinajstić information content (AvgIpc) is 3.38. The first-order chi connectivity index (χ1) is 21.4. The number of hydrogen-bond donors (Lipinski definition) is 2. The number of nitrogens with two attached hydrogens (primary N) is 1. The van der Waals surface area contributed by atoms with Crippen molar-refractivity contribution in [3.05, 3.63) is 53.6 Å². The number of rotatable bonds is 6. The van der Waals surface area contributed by atoms with Crippen molar-refractivity contribution in [1.29, 1.82) is 0 Å². The highest BCUT2D eigenvalue weighted by molar-refractivity contribution is 5.88. The van der Waals surface area contributed by atoms with Crippen LogP contribution in [0.3, 0.4) is 0 Å². The van der Waals surface area contributed by atoms with Gasteiger partial charge in [0.15, 0.2) is 0 Å². The number of carbonyl (C=O) groups is 2. The molecule has 0 aliphatic heterocycles. The summed E-state index contributed by atoms with van der Waals surface area (Å²) in [6.45, 7) is 24.4. The van der Waals surface area contributed by atoms with E-state index in [0.29, 0.717) is 47.6 Å². The maximum Gasteiger partial charge on any atom is 0.335 e. The molecule has 5 aliphatic carbocycles. The number of hydrazine groups is 1. The zero-order valence-electron chi connectivity index (χ0n) is 29.9. The van der Waals surface area contributed by atoms with E-state index in [9.17, 15) is 14.7 Å². The SMILES string of the molecule is C=C(C)[C@@H]1CC[C@]2(C(=O)N(N)CC(C)C)CC[C@]3(C)[C@H](CC[C@@H]4[C@@]5(C)CC=C(c6ccc(C(=O)O)cc6)C(C)(C)[C@@H]5CC[C@]43C)[C@@H]12. The van der Waals surface area contributed by atoms with Crippen LogP contribution in [0.4, 0.5) is 0 Å². The minimum atomic E-state index is -0.876. The largest absolute Gasteiger partial charge is 0.478 e. The summed E-state index contributed by atoms with van der Waals surface area (Å²) in [5.74, 6) is 8.62. The molecule has 0 radical (unpaired) electrons. The second-order valence-electron chi connectivity index (χ2n) is 18.1. The molecular formula is C41H60N2O3. The summed E-state index contributed by atoms with van der Waals surface area (Å²) < 4.78 is 0. The Morgan fingerprint density at radius 3 is 2.22 bits per heavy atom. The number of benzene rings is 1. The summed E-state index contributed by atoms with van der Waals surface area (Å²) in [4.78, 5) is 25.9. The monoisotopic (exact) mass is 628 g/mol. The number of carbonyl (C=O) groups excluding carboxylic acids is 1. The van der Waals surface area contributed by atoms with Gasteiger partial charge in [-0.05, 0) is 145 Å². The summed E-state index contributed by atoms with van der Waals surface area (Å²) in [6.07, 6.45) is 12.5. The quantitative estimate of drug-likeness (QED) is 0.142. The molecule has 1 amide bonds. The lowest BCUT2D eigenvalue weighted by molar-refractivity contribution is -0.226. The van der Waals surface area contributed by atoms with E-state index in [4.69, 9.17) is 5.84 Å². The van der Waals surface area contributed by atoms with Gasteiger partial charge in [0.25, 0.3) is 0 Å². The Hall–Kier alpha value is -2.40.